The highest BCUT2D eigenvalue weighted by Gasteiger charge is 2.25. The first kappa shape index (κ1) is 49.9. The molecule has 0 spiro atoms. The van der Waals surface area contributed by atoms with Gasteiger partial charge in [0.2, 0.25) is 0 Å². The van der Waals surface area contributed by atoms with Crippen molar-refractivity contribution in [2.75, 3.05) is 33.0 Å². The molecular weight excluding hydrogens is 665 g/mol. The van der Waals surface area contributed by atoms with Crippen molar-refractivity contribution >= 4 is 13.8 Å². The third-order valence-corrected chi connectivity index (χ3v) is 9.96. The summed E-state index contributed by atoms with van der Waals surface area (Å²) in [5, 5.41) is 9.91. The minimum absolute atomic E-state index is 0.0903. The number of aliphatic hydroxyl groups is 1. The molecule has 0 aromatic heterocycles. The highest BCUT2D eigenvalue weighted by Crippen LogP contribution is 2.43. The van der Waals surface area contributed by atoms with Crippen molar-refractivity contribution in [2.24, 2.45) is 5.73 Å². The van der Waals surface area contributed by atoms with E-state index >= 15 is 0 Å². The molecule has 0 aromatic carbocycles. The maximum atomic E-state index is 12.6. The van der Waals surface area contributed by atoms with Crippen LogP contribution >= 0.6 is 7.82 Å². The quantitative estimate of drug-likeness (QED) is 0.0242. The summed E-state index contributed by atoms with van der Waals surface area (Å²) in [4.78, 5) is 22.4. The van der Waals surface area contributed by atoms with Gasteiger partial charge in [-0.15, -0.1) is 0 Å². The lowest BCUT2D eigenvalue weighted by molar-refractivity contribution is -0.154. The van der Waals surface area contributed by atoms with E-state index in [0.29, 0.717) is 6.61 Å². The predicted molar refractivity (Wildman–Crippen MR) is 212 cm³/mol. The van der Waals surface area contributed by atoms with Crippen molar-refractivity contribution in [2.45, 2.75) is 199 Å². The number of allylic oxidation sites excluding steroid dienone is 3. The van der Waals surface area contributed by atoms with Crippen molar-refractivity contribution in [3.05, 3.63) is 24.3 Å². The molecule has 0 aliphatic carbocycles. The molecule has 0 aromatic rings. The minimum Gasteiger partial charge on any atom is -0.457 e. The molecule has 0 bridgehead atoms. The third-order valence-electron chi connectivity index (χ3n) is 8.98. The maximum absolute atomic E-state index is 12.6. The molecule has 0 fully saturated rings. The Morgan fingerprint density at radius 1 is 0.667 bits per heavy atom. The molecule has 0 saturated heterocycles. The summed E-state index contributed by atoms with van der Waals surface area (Å²) in [5.74, 6) is -0.364. The lowest BCUT2D eigenvalue weighted by atomic mass is 10.0. The summed E-state index contributed by atoms with van der Waals surface area (Å²) in [7, 11) is -4.29. The maximum Gasteiger partial charge on any atom is 0.472 e. The summed E-state index contributed by atoms with van der Waals surface area (Å²) in [6, 6.07) is 0. The molecular formula is C41H80NO8P. The van der Waals surface area contributed by atoms with E-state index in [4.69, 9.17) is 24.3 Å². The number of carbonyl (C=O) groups excluding carboxylic acids is 1. The Balaban J connectivity index is 4.10. The third kappa shape index (κ3) is 38.5. The highest BCUT2D eigenvalue weighted by atomic mass is 31.2. The lowest BCUT2D eigenvalue weighted by Gasteiger charge is -2.20. The zero-order valence-electron chi connectivity index (χ0n) is 33.0. The number of aliphatic hydroxyl groups excluding tert-OH is 1. The second-order valence-corrected chi connectivity index (χ2v) is 15.5. The largest absolute Gasteiger partial charge is 0.472 e. The van der Waals surface area contributed by atoms with Crippen LogP contribution in [-0.2, 0) is 27.9 Å². The van der Waals surface area contributed by atoms with E-state index in [1.165, 1.54) is 89.9 Å². The van der Waals surface area contributed by atoms with Gasteiger partial charge in [-0.1, -0.05) is 173 Å². The van der Waals surface area contributed by atoms with Gasteiger partial charge >= 0.3 is 13.8 Å². The number of esters is 1. The molecule has 0 amide bonds. The van der Waals surface area contributed by atoms with Gasteiger partial charge in [0.1, 0.15) is 6.10 Å². The van der Waals surface area contributed by atoms with E-state index in [1.807, 2.05) is 18.2 Å². The first-order valence-electron chi connectivity index (χ1n) is 20.9. The van der Waals surface area contributed by atoms with Crippen molar-refractivity contribution in [3.8, 4) is 0 Å². The molecule has 4 N–H and O–H groups in total. The number of hydrogen-bond acceptors (Lipinski definition) is 8. The number of ether oxygens (including phenoxy) is 2. The van der Waals surface area contributed by atoms with Gasteiger partial charge in [-0.2, -0.15) is 0 Å². The number of phosphoric ester groups is 1. The van der Waals surface area contributed by atoms with Crippen LogP contribution in [0.4, 0.5) is 0 Å². The summed E-state index contributed by atoms with van der Waals surface area (Å²) in [6.45, 7) is 4.77. The Morgan fingerprint density at radius 2 is 1.20 bits per heavy atom. The van der Waals surface area contributed by atoms with Gasteiger partial charge in [-0.25, -0.2) is 4.57 Å². The van der Waals surface area contributed by atoms with E-state index in [9.17, 15) is 19.4 Å². The highest BCUT2D eigenvalue weighted by molar-refractivity contribution is 7.47. The van der Waals surface area contributed by atoms with Gasteiger partial charge in [0.15, 0.2) is 0 Å². The van der Waals surface area contributed by atoms with Crippen LogP contribution in [0.2, 0.25) is 0 Å². The second-order valence-electron chi connectivity index (χ2n) is 14.1. The fourth-order valence-corrected chi connectivity index (χ4v) is 6.60. The van der Waals surface area contributed by atoms with Crippen molar-refractivity contribution in [1.29, 1.82) is 0 Å². The summed E-state index contributed by atoms with van der Waals surface area (Å²) < 4.78 is 33.3. The average Bonchev–Trinajstić information content (AvgIpc) is 3.11. The average molecular weight is 746 g/mol. The van der Waals surface area contributed by atoms with Crippen LogP contribution in [0.25, 0.3) is 0 Å². The molecule has 0 heterocycles. The molecule has 0 rings (SSSR count). The standard InChI is InChI=1S/C41H80NO8P/c1-3-5-7-8-9-10-11-12-13-14-15-16-20-23-26-30-35-47-37-40(38-49-51(45,46)48-36-34-42)50-41(44)33-29-25-22-19-17-18-21-24-28-32-39(43)31-27-6-4-2/h21,24,28,32,39-40,43H,3-20,22-23,25-27,29-31,33-38,42H2,1-2H3,(H,45,46)/b24-21-,32-28+. The van der Waals surface area contributed by atoms with E-state index < -0.39 is 13.9 Å². The molecule has 3 unspecified atom stereocenters. The molecule has 10 heteroatoms. The van der Waals surface area contributed by atoms with Crippen molar-refractivity contribution in [3.63, 3.8) is 0 Å². The van der Waals surface area contributed by atoms with Gasteiger partial charge in [0.25, 0.3) is 0 Å². The van der Waals surface area contributed by atoms with Gasteiger partial charge in [-0.05, 0) is 32.1 Å². The number of rotatable bonds is 40. The SMILES string of the molecule is CCCCCCCCCCCCCCCCCCOCC(COP(=O)(O)OCCN)OC(=O)CCCCCCC/C=C\C=C\C(O)CCCCC. The van der Waals surface area contributed by atoms with Crippen molar-refractivity contribution < 1.29 is 37.9 Å². The number of carbonyl (C=O) groups is 1. The number of hydrogen-bond donors (Lipinski definition) is 3. The summed E-state index contributed by atoms with van der Waals surface area (Å²) >= 11 is 0. The molecule has 0 saturated carbocycles. The van der Waals surface area contributed by atoms with Crippen LogP contribution in [0.15, 0.2) is 24.3 Å². The van der Waals surface area contributed by atoms with Gasteiger partial charge in [0.05, 0.1) is 25.9 Å². The van der Waals surface area contributed by atoms with Gasteiger partial charge < -0.3 is 25.2 Å². The molecule has 0 aliphatic rings. The molecule has 0 aliphatic heterocycles. The molecule has 0 radical (unpaired) electrons. The Labute approximate surface area is 313 Å². The first-order chi connectivity index (χ1) is 24.8. The van der Waals surface area contributed by atoms with Crippen LogP contribution in [0.5, 0.6) is 0 Å². The Bertz CT molecular complexity index is 856. The van der Waals surface area contributed by atoms with E-state index in [-0.39, 0.29) is 44.9 Å². The van der Waals surface area contributed by atoms with Crippen molar-refractivity contribution in [1.82, 2.24) is 0 Å². The van der Waals surface area contributed by atoms with Gasteiger partial charge in [-0.3, -0.25) is 13.8 Å². The van der Waals surface area contributed by atoms with Crippen LogP contribution in [0.3, 0.4) is 0 Å². The molecule has 9 nitrogen and oxygen atoms in total. The smallest absolute Gasteiger partial charge is 0.457 e. The number of nitrogens with two attached hydrogens (primary N) is 1. The van der Waals surface area contributed by atoms with Crippen LogP contribution in [-0.4, -0.2) is 61.1 Å². The van der Waals surface area contributed by atoms with Gasteiger partial charge in [0, 0.05) is 19.6 Å². The van der Waals surface area contributed by atoms with E-state index in [2.05, 4.69) is 19.9 Å². The molecule has 302 valence electrons. The normalized spacial score (nSPS) is 14.4. The second kappa shape index (κ2) is 38.7. The topological polar surface area (TPSA) is 138 Å². The number of unbranched alkanes of at least 4 members (excludes halogenated alkanes) is 22. The molecule has 3 atom stereocenters. The Morgan fingerprint density at radius 3 is 1.78 bits per heavy atom. The Hall–Kier alpha value is -1.06. The number of phosphoric acid groups is 1. The fourth-order valence-electron chi connectivity index (χ4n) is 5.84. The monoisotopic (exact) mass is 746 g/mol. The van der Waals surface area contributed by atoms with Crippen LogP contribution < -0.4 is 5.73 Å². The minimum atomic E-state index is -4.29. The zero-order valence-corrected chi connectivity index (χ0v) is 33.9. The summed E-state index contributed by atoms with van der Waals surface area (Å²) in [5.41, 5.74) is 5.36. The summed E-state index contributed by atoms with van der Waals surface area (Å²) in [6.07, 6.45) is 38.0. The first-order valence-corrected chi connectivity index (χ1v) is 22.4. The van der Waals surface area contributed by atoms with E-state index in [0.717, 1.165) is 77.0 Å². The predicted octanol–water partition coefficient (Wildman–Crippen LogP) is 11.1. The molecule has 51 heavy (non-hydrogen) atoms. The lowest BCUT2D eigenvalue weighted by Crippen LogP contribution is -2.28. The van der Waals surface area contributed by atoms with Crippen LogP contribution in [0.1, 0.15) is 187 Å². The van der Waals surface area contributed by atoms with Crippen LogP contribution in [0, 0.1) is 0 Å². The fraction of sp³-hybridized carbons (Fsp3) is 0.878. The Kier molecular flexibility index (Phi) is 37.9. The van der Waals surface area contributed by atoms with E-state index in [1.54, 1.807) is 0 Å². The zero-order chi connectivity index (χ0) is 37.5.